The van der Waals surface area contributed by atoms with E-state index in [0.717, 1.165) is 12.0 Å². The molecule has 1 aromatic heterocycles. The number of amides is 1. The van der Waals surface area contributed by atoms with Gasteiger partial charge in [0.1, 0.15) is 0 Å². The first-order valence-electron chi connectivity index (χ1n) is 6.10. The zero-order chi connectivity index (χ0) is 13.7. The summed E-state index contributed by atoms with van der Waals surface area (Å²) in [4.78, 5) is 15.8. The molecule has 19 heavy (non-hydrogen) atoms. The SMILES string of the molecule is C[C@H](Cc1cccc(Cl)c1)NC(=O)c1ccncc1. The summed E-state index contributed by atoms with van der Waals surface area (Å²) in [6, 6.07) is 11.1. The normalized spacial score (nSPS) is 11.9. The lowest BCUT2D eigenvalue weighted by molar-refractivity contribution is 0.0940. The summed E-state index contributed by atoms with van der Waals surface area (Å²) in [5, 5.41) is 3.67. The Morgan fingerprint density at radius 1 is 1.32 bits per heavy atom. The Bertz CT molecular complexity index is 557. The Morgan fingerprint density at radius 2 is 2.05 bits per heavy atom. The van der Waals surface area contributed by atoms with Gasteiger partial charge in [-0.3, -0.25) is 9.78 Å². The number of nitrogens with one attached hydrogen (secondary N) is 1. The molecule has 2 aromatic rings. The molecule has 1 aromatic carbocycles. The highest BCUT2D eigenvalue weighted by molar-refractivity contribution is 6.30. The van der Waals surface area contributed by atoms with E-state index in [4.69, 9.17) is 11.6 Å². The van der Waals surface area contributed by atoms with Crippen molar-refractivity contribution in [2.75, 3.05) is 0 Å². The number of halogens is 1. The molecule has 0 aliphatic carbocycles. The van der Waals surface area contributed by atoms with Crippen LogP contribution in [-0.2, 0) is 6.42 Å². The minimum absolute atomic E-state index is 0.0409. The fraction of sp³-hybridized carbons (Fsp3) is 0.200. The van der Waals surface area contributed by atoms with Gasteiger partial charge in [0.2, 0.25) is 0 Å². The van der Waals surface area contributed by atoms with Gasteiger partial charge in [0.05, 0.1) is 0 Å². The first-order chi connectivity index (χ1) is 9.15. The van der Waals surface area contributed by atoms with Gasteiger partial charge < -0.3 is 5.32 Å². The Kier molecular flexibility index (Phi) is 4.53. The van der Waals surface area contributed by atoms with Gasteiger partial charge in [-0.2, -0.15) is 0 Å². The molecular weight excluding hydrogens is 260 g/mol. The van der Waals surface area contributed by atoms with Crippen LogP contribution in [0.3, 0.4) is 0 Å². The van der Waals surface area contributed by atoms with Crippen LogP contribution in [0.4, 0.5) is 0 Å². The van der Waals surface area contributed by atoms with Crippen molar-refractivity contribution in [1.82, 2.24) is 10.3 Å². The molecule has 1 atom stereocenters. The van der Waals surface area contributed by atoms with E-state index < -0.39 is 0 Å². The zero-order valence-corrected chi connectivity index (χ0v) is 11.4. The first kappa shape index (κ1) is 13.6. The second-order valence-electron chi connectivity index (χ2n) is 4.44. The number of carbonyl (C=O) groups is 1. The van der Waals surface area contributed by atoms with Crippen molar-refractivity contribution >= 4 is 17.5 Å². The monoisotopic (exact) mass is 274 g/mol. The average Bonchev–Trinajstić information content (AvgIpc) is 2.39. The highest BCUT2D eigenvalue weighted by atomic mass is 35.5. The molecule has 0 saturated heterocycles. The molecule has 1 amide bonds. The molecule has 3 nitrogen and oxygen atoms in total. The van der Waals surface area contributed by atoms with Crippen molar-refractivity contribution in [3.8, 4) is 0 Å². The maximum absolute atomic E-state index is 11.9. The zero-order valence-electron chi connectivity index (χ0n) is 10.6. The minimum atomic E-state index is -0.0862. The molecule has 0 spiro atoms. The maximum Gasteiger partial charge on any atom is 0.251 e. The molecular formula is C15H15ClN2O. The Hall–Kier alpha value is -1.87. The second-order valence-corrected chi connectivity index (χ2v) is 4.88. The average molecular weight is 275 g/mol. The first-order valence-corrected chi connectivity index (χ1v) is 6.48. The number of aromatic nitrogens is 1. The lowest BCUT2D eigenvalue weighted by Gasteiger charge is -2.14. The van der Waals surface area contributed by atoms with Gasteiger partial charge in [-0.1, -0.05) is 23.7 Å². The van der Waals surface area contributed by atoms with Gasteiger partial charge in [0.25, 0.3) is 5.91 Å². The summed E-state index contributed by atoms with van der Waals surface area (Å²) in [6.07, 6.45) is 3.96. The number of rotatable bonds is 4. The van der Waals surface area contributed by atoms with Crippen LogP contribution in [0.2, 0.25) is 5.02 Å². The van der Waals surface area contributed by atoms with Crippen LogP contribution >= 0.6 is 11.6 Å². The smallest absolute Gasteiger partial charge is 0.251 e. The van der Waals surface area contributed by atoms with Gasteiger partial charge in [0, 0.05) is 29.0 Å². The third-order valence-corrected chi connectivity index (χ3v) is 2.99. The molecule has 0 aliphatic rings. The van der Waals surface area contributed by atoms with Crippen molar-refractivity contribution in [3.63, 3.8) is 0 Å². The van der Waals surface area contributed by atoms with E-state index in [0.29, 0.717) is 10.6 Å². The van der Waals surface area contributed by atoms with Crippen molar-refractivity contribution in [2.45, 2.75) is 19.4 Å². The quantitative estimate of drug-likeness (QED) is 0.931. The lowest BCUT2D eigenvalue weighted by atomic mass is 10.1. The number of benzene rings is 1. The topological polar surface area (TPSA) is 42.0 Å². The molecule has 1 heterocycles. The number of nitrogens with zero attached hydrogens (tertiary/aromatic N) is 1. The fourth-order valence-electron chi connectivity index (χ4n) is 1.88. The van der Waals surface area contributed by atoms with E-state index in [-0.39, 0.29) is 11.9 Å². The van der Waals surface area contributed by atoms with Crippen LogP contribution < -0.4 is 5.32 Å². The summed E-state index contributed by atoms with van der Waals surface area (Å²) >= 11 is 5.94. The molecule has 2 rings (SSSR count). The summed E-state index contributed by atoms with van der Waals surface area (Å²) in [6.45, 7) is 1.97. The largest absolute Gasteiger partial charge is 0.349 e. The van der Waals surface area contributed by atoms with Crippen LogP contribution in [-0.4, -0.2) is 16.9 Å². The number of carbonyl (C=O) groups excluding carboxylic acids is 1. The number of pyridine rings is 1. The standard InChI is InChI=1S/C15H15ClN2O/c1-11(9-12-3-2-4-14(16)10-12)18-15(19)13-5-7-17-8-6-13/h2-8,10-11H,9H2,1H3,(H,18,19)/t11-/m1/s1. The van der Waals surface area contributed by atoms with Crippen molar-refractivity contribution in [2.24, 2.45) is 0 Å². The van der Waals surface area contributed by atoms with Crippen LogP contribution in [0, 0.1) is 0 Å². The van der Waals surface area contributed by atoms with Gasteiger partial charge in [-0.15, -0.1) is 0 Å². The van der Waals surface area contributed by atoms with Crippen molar-refractivity contribution < 1.29 is 4.79 Å². The highest BCUT2D eigenvalue weighted by Gasteiger charge is 2.10. The molecule has 0 fully saturated rings. The minimum Gasteiger partial charge on any atom is -0.349 e. The van der Waals surface area contributed by atoms with E-state index in [1.165, 1.54) is 0 Å². The number of hydrogen-bond acceptors (Lipinski definition) is 2. The van der Waals surface area contributed by atoms with E-state index in [2.05, 4.69) is 10.3 Å². The highest BCUT2D eigenvalue weighted by Crippen LogP contribution is 2.12. The molecule has 0 aliphatic heterocycles. The third kappa shape index (κ3) is 4.07. The maximum atomic E-state index is 11.9. The van der Waals surface area contributed by atoms with Gasteiger partial charge in [-0.05, 0) is 43.2 Å². The summed E-state index contributed by atoms with van der Waals surface area (Å²) in [7, 11) is 0. The molecule has 0 radical (unpaired) electrons. The van der Waals surface area contributed by atoms with E-state index >= 15 is 0 Å². The van der Waals surface area contributed by atoms with E-state index in [1.807, 2.05) is 31.2 Å². The third-order valence-electron chi connectivity index (χ3n) is 2.75. The van der Waals surface area contributed by atoms with Crippen molar-refractivity contribution in [1.29, 1.82) is 0 Å². The summed E-state index contributed by atoms with van der Waals surface area (Å²) in [5.74, 6) is -0.0862. The van der Waals surface area contributed by atoms with Crippen LogP contribution in [0.1, 0.15) is 22.8 Å². The Labute approximate surface area is 117 Å². The fourth-order valence-corrected chi connectivity index (χ4v) is 2.09. The summed E-state index contributed by atoms with van der Waals surface area (Å²) in [5.41, 5.74) is 1.72. The van der Waals surface area contributed by atoms with E-state index in [1.54, 1.807) is 24.5 Å². The molecule has 0 saturated carbocycles. The second kappa shape index (κ2) is 6.34. The molecule has 0 unspecified atom stereocenters. The van der Waals surface area contributed by atoms with Gasteiger partial charge in [-0.25, -0.2) is 0 Å². The molecule has 0 bridgehead atoms. The molecule has 4 heteroatoms. The predicted octanol–water partition coefficient (Wildman–Crippen LogP) is 3.10. The van der Waals surface area contributed by atoms with E-state index in [9.17, 15) is 4.79 Å². The number of hydrogen-bond donors (Lipinski definition) is 1. The lowest BCUT2D eigenvalue weighted by Crippen LogP contribution is -2.34. The van der Waals surface area contributed by atoms with Gasteiger partial charge in [0.15, 0.2) is 0 Å². The molecule has 1 N–H and O–H groups in total. The van der Waals surface area contributed by atoms with Crippen LogP contribution in [0.15, 0.2) is 48.8 Å². The van der Waals surface area contributed by atoms with Gasteiger partial charge >= 0.3 is 0 Å². The Balaban J connectivity index is 1.95. The van der Waals surface area contributed by atoms with Crippen molar-refractivity contribution in [3.05, 3.63) is 64.9 Å². The van der Waals surface area contributed by atoms with Crippen LogP contribution in [0.25, 0.3) is 0 Å². The Morgan fingerprint density at radius 3 is 2.74 bits per heavy atom. The summed E-state index contributed by atoms with van der Waals surface area (Å²) < 4.78 is 0. The molecule has 98 valence electrons. The van der Waals surface area contributed by atoms with Crippen LogP contribution in [0.5, 0.6) is 0 Å². The predicted molar refractivity (Wildman–Crippen MR) is 76.3 cm³/mol.